The number of hydrogen-bond acceptors (Lipinski definition) is 5. The van der Waals surface area contributed by atoms with Crippen molar-refractivity contribution in [2.45, 2.75) is 6.42 Å². The van der Waals surface area contributed by atoms with E-state index < -0.39 is 0 Å². The van der Waals surface area contributed by atoms with Gasteiger partial charge in [0.25, 0.3) is 0 Å². The molecular formula is C15H15BrO4S. The van der Waals surface area contributed by atoms with Gasteiger partial charge in [-0.3, -0.25) is 4.79 Å². The molecule has 0 bridgehead atoms. The predicted molar refractivity (Wildman–Crippen MR) is 86.2 cm³/mol. The molecule has 0 atom stereocenters. The van der Waals surface area contributed by atoms with Gasteiger partial charge in [0.1, 0.15) is 0 Å². The van der Waals surface area contributed by atoms with Crippen molar-refractivity contribution in [3.63, 3.8) is 0 Å². The number of carbonyl (C=O) groups excluding carboxylic acids is 1. The fourth-order valence-electron chi connectivity index (χ4n) is 2.02. The molecule has 0 amide bonds. The maximum atomic E-state index is 12.5. The van der Waals surface area contributed by atoms with Gasteiger partial charge in [0.05, 0.1) is 30.7 Å². The highest BCUT2D eigenvalue weighted by Crippen LogP contribution is 2.40. The summed E-state index contributed by atoms with van der Waals surface area (Å²) in [4.78, 5) is 13.5. The molecule has 0 aliphatic carbocycles. The third-order valence-corrected chi connectivity index (χ3v) is 4.59. The fraction of sp³-hybridized carbons (Fsp3) is 0.267. The zero-order valence-electron chi connectivity index (χ0n) is 11.9. The molecule has 112 valence electrons. The third-order valence-electron chi connectivity index (χ3n) is 2.97. The van der Waals surface area contributed by atoms with Crippen LogP contribution < -0.4 is 14.2 Å². The molecule has 1 heterocycles. The Balaban J connectivity index is 2.36. The molecule has 2 aromatic rings. The van der Waals surface area contributed by atoms with Crippen LogP contribution in [0.15, 0.2) is 28.1 Å². The summed E-state index contributed by atoms with van der Waals surface area (Å²) in [5, 5.41) is 0. The number of thiophene rings is 1. The summed E-state index contributed by atoms with van der Waals surface area (Å²) in [6.07, 6.45) is 0.322. The van der Waals surface area contributed by atoms with Crippen LogP contribution in [0.2, 0.25) is 0 Å². The number of ketones is 1. The number of Topliss-reactive ketones (excluding diaryl/α,β-unsaturated/α-hetero) is 1. The van der Waals surface area contributed by atoms with Crippen LogP contribution in [0.25, 0.3) is 0 Å². The second-order valence-electron chi connectivity index (χ2n) is 4.19. The second kappa shape index (κ2) is 6.95. The maximum Gasteiger partial charge on any atom is 0.204 e. The molecule has 2 rings (SSSR count). The van der Waals surface area contributed by atoms with Crippen molar-refractivity contribution in [3.05, 3.63) is 38.5 Å². The number of benzene rings is 1. The number of halogens is 1. The number of methoxy groups -OCH3 is 3. The number of hydrogen-bond donors (Lipinski definition) is 0. The molecule has 1 aromatic heterocycles. The highest BCUT2D eigenvalue weighted by atomic mass is 79.9. The molecule has 0 spiro atoms. The zero-order chi connectivity index (χ0) is 15.4. The van der Waals surface area contributed by atoms with Crippen molar-refractivity contribution in [3.8, 4) is 17.2 Å². The summed E-state index contributed by atoms with van der Waals surface area (Å²) >= 11 is 4.94. The van der Waals surface area contributed by atoms with Crippen molar-refractivity contribution in [1.82, 2.24) is 0 Å². The second-order valence-corrected chi connectivity index (χ2v) is 6.74. The van der Waals surface area contributed by atoms with Crippen LogP contribution in [0.3, 0.4) is 0 Å². The van der Waals surface area contributed by atoms with Crippen molar-refractivity contribution in [2.75, 3.05) is 21.3 Å². The van der Waals surface area contributed by atoms with Gasteiger partial charge in [0.2, 0.25) is 5.75 Å². The van der Waals surface area contributed by atoms with Crippen LogP contribution in [0.5, 0.6) is 17.2 Å². The minimum absolute atomic E-state index is 0.0258. The number of carbonyl (C=O) groups is 1. The molecule has 4 nitrogen and oxygen atoms in total. The number of rotatable bonds is 6. The largest absolute Gasteiger partial charge is 0.493 e. The Hall–Kier alpha value is -1.53. The lowest BCUT2D eigenvalue weighted by molar-refractivity contribution is 0.0990. The Morgan fingerprint density at radius 3 is 2.29 bits per heavy atom. The quantitative estimate of drug-likeness (QED) is 0.721. The highest BCUT2D eigenvalue weighted by molar-refractivity contribution is 9.11. The summed E-state index contributed by atoms with van der Waals surface area (Å²) in [6, 6.07) is 7.27. The Bertz CT molecular complexity index is 651. The van der Waals surface area contributed by atoms with Gasteiger partial charge in [0, 0.05) is 11.3 Å². The van der Waals surface area contributed by atoms with E-state index in [9.17, 15) is 4.79 Å². The normalized spacial score (nSPS) is 10.3. The van der Waals surface area contributed by atoms with E-state index in [2.05, 4.69) is 15.9 Å². The van der Waals surface area contributed by atoms with Gasteiger partial charge in [0.15, 0.2) is 17.3 Å². The predicted octanol–water partition coefficient (Wildman–Crippen LogP) is 3.96. The lowest BCUT2D eigenvalue weighted by atomic mass is 10.1. The molecule has 0 fully saturated rings. The molecule has 0 aliphatic heterocycles. The van der Waals surface area contributed by atoms with E-state index >= 15 is 0 Å². The molecule has 0 radical (unpaired) electrons. The van der Waals surface area contributed by atoms with Crippen LogP contribution in [-0.4, -0.2) is 27.1 Å². The van der Waals surface area contributed by atoms with Gasteiger partial charge in [-0.25, -0.2) is 0 Å². The van der Waals surface area contributed by atoms with E-state index in [4.69, 9.17) is 14.2 Å². The first-order valence-corrected chi connectivity index (χ1v) is 7.78. The summed E-state index contributed by atoms with van der Waals surface area (Å²) in [6.45, 7) is 0. The molecule has 0 aliphatic rings. The van der Waals surface area contributed by atoms with E-state index in [1.807, 2.05) is 12.1 Å². The minimum atomic E-state index is -0.0258. The summed E-state index contributed by atoms with van der Waals surface area (Å²) in [7, 11) is 4.57. The SMILES string of the molecule is COc1ccc(C(=O)Cc2ccc(Br)s2)c(OC)c1OC. The fourth-order valence-corrected chi connectivity index (χ4v) is 3.50. The monoisotopic (exact) mass is 370 g/mol. The average Bonchev–Trinajstić information content (AvgIpc) is 2.90. The summed E-state index contributed by atoms with van der Waals surface area (Å²) < 4.78 is 16.9. The topological polar surface area (TPSA) is 44.8 Å². The molecule has 6 heteroatoms. The van der Waals surface area contributed by atoms with Gasteiger partial charge in [-0.1, -0.05) is 0 Å². The first-order chi connectivity index (χ1) is 10.1. The van der Waals surface area contributed by atoms with Crippen LogP contribution in [-0.2, 0) is 6.42 Å². The van der Waals surface area contributed by atoms with Gasteiger partial charge in [-0.2, -0.15) is 0 Å². The highest BCUT2D eigenvalue weighted by Gasteiger charge is 2.21. The molecule has 0 unspecified atom stereocenters. The Morgan fingerprint density at radius 1 is 1.05 bits per heavy atom. The zero-order valence-corrected chi connectivity index (χ0v) is 14.3. The standard InChI is InChI=1S/C15H15BrO4S/c1-18-12-6-5-10(14(19-2)15(12)20-3)11(17)8-9-4-7-13(16)21-9/h4-7H,8H2,1-3H3. The van der Waals surface area contributed by atoms with E-state index in [-0.39, 0.29) is 5.78 Å². The maximum absolute atomic E-state index is 12.5. The van der Waals surface area contributed by atoms with Crippen molar-refractivity contribution in [2.24, 2.45) is 0 Å². The Kier molecular flexibility index (Phi) is 5.25. The van der Waals surface area contributed by atoms with Gasteiger partial charge in [-0.05, 0) is 40.2 Å². The van der Waals surface area contributed by atoms with E-state index in [1.54, 1.807) is 30.6 Å². The van der Waals surface area contributed by atoms with Crippen LogP contribution >= 0.6 is 27.3 Å². The molecule has 0 N–H and O–H groups in total. The van der Waals surface area contributed by atoms with Crippen molar-refractivity contribution >= 4 is 33.0 Å². The molecular weight excluding hydrogens is 356 g/mol. The van der Waals surface area contributed by atoms with E-state index in [0.29, 0.717) is 29.2 Å². The average molecular weight is 371 g/mol. The lowest BCUT2D eigenvalue weighted by Gasteiger charge is -2.14. The Morgan fingerprint density at radius 2 is 1.76 bits per heavy atom. The van der Waals surface area contributed by atoms with Crippen LogP contribution in [0.4, 0.5) is 0 Å². The first kappa shape index (κ1) is 15.9. The molecule has 21 heavy (non-hydrogen) atoms. The molecule has 1 aromatic carbocycles. The first-order valence-electron chi connectivity index (χ1n) is 6.17. The smallest absolute Gasteiger partial charge is 0.204 e. The molecule has 0 saturated carbocycles. The molecule has 0 saturated heterocycles. The Labute approximate surface area is 135 Å². The minimum Gasteiger partial charge on any atom is -0.493 e. The van der Waals surface area contributed by atoms with Crippen molar-refractivity contribution in [1.29, 1.82) is 0 Å². The van der Waals surface area contributed by atoms with Crippen molar-refractivity contribution < 1.29 is 19.0 Å². The van der Waals surface area contributed by atoms with Gasteiger partial charge in [-0.15, -0.1) is 11.3 Å². The summed E-state index contributed by atoms with van der Waals surface area (Å²) in [5.74, 6) is 1.34. The van der Waals surface area contributed by atoms with E-state index in [1.165, 1.54) is 14.2 Å². The van der Waals surface area contributed by atoms with E-state index in [0.717, 1.165) is 8.66 Å². The summed E-state index contributed by atoms with van der Waals surface area (Å²) in [5.41, 5.74) is 0.486. The van der Waals surface area contributed by atoms with Gasteiger partial charge >= 0.3 is 0 Å². The third kappa shape index (κ3) is 3.39. The van der Waals surface area contributed by atoms with Crippen LogP contribution in [0.1, 0.15) is 15.2 Å². The number of ether oxygens (including phenoxy) is 3. The van der Waals surface area contributed by atoms with Gasteiger partial charge < -0.3 is 14.2 Å². The lowest BCUT2D eigenvalue weighted by Crippen LogP contribution is -2.07. The van der Waals surface area contributed by atoms with Crippen LogP contribution in [0, 0.1) is 0 Å².